The third-order valence-corrected chi connectivity index (χ3v) is 6.05. The van der Waals surface area contributed by atoms with Crippen LogP contribution in [0.25, 0.3) is 0 Å². The van der Waals surface area contributed by atoms with Gasteiger partial charge in [0.05, 0.1) is 0 Å². The first-order chi connectivity index (χ1) is 14.9. The minimum atomic E-state index is -4.56. The molecule has 8 heteroatoms. The smallest absolute Gasteiger partial charge is 0.369 e. The predicted octanol–water partition coefficient (Wildman–Crippen LogP) is 5.06. The van der Waals surface area contributed by atoms with Gasteiger partial charge in [0.15, 0.2) is 0 Å². The van der Waals surface area contributed by atoms with Crippen LogP contribution >= 0.6 is 0 Å². The number of nitrogens with zero attached hydrogens (tertiary/aromatic N) is 3. The molecule has 0 bridgehead atoms. The van der Waals surface area contributed by atoms with E-state index < -0.39 is 17.3 Å². The lowest BCUT2D eigenvalue weighted by atomic mass is 9.78. The molecule has 1 fully saturated rings. The Balaban J connectivity index is 1.61. The second kappa shape index (κ2) is 9.10. The second-order valence-corrected chi connectivity index (χ2v) is 9.56. The van der Waals surface area contributed by atoms with Crippen LogP contribution in [0.2, 0.25) is 0 Å². The van der Waals surface area contributed by atoms with E-state index in [1.807, 2.05) is 32.0 Å². The number of pyridine rings is 1. The zero-order valence-electron chi connectivity index (χ0n) is 19.0. The Morgan fingerprint density at radius 3 is 2.22 bits per heavy atom. The van der Waals surface area contributed by atoms with Gasteiger partial charge in [-0.3, -0.25) is 14.7 Å². The minimum absolute atomic E-state index is 0.0969. The van der Waals surface area contributed by atoms with Crippen LogP contribution in [0.1, 0.15) is 39.8 Å². The second-order valence-electron chi connectivity index (χ2n) is 9.56. The first-order valence-corrected chi connectivity index (χ1v) is 10.8. The standard InChI is InChI=1S/C24H31F3N4O/c1-22(2,21(32)29-18-10-11-28-20(16-18)24(25,26)27)17-23(3,4)31-14-12-30(13-15-31)19-8-6-5-7-9-19/h5-11,16H,12-15,17H2,1-4H3,(H,28,29,32). The van der Waals surface area contributed by atoms with Gasteiger partial charge in [0.1, 0.15) is 5.69 Å². The third-order valence-electron chi connectivity index (χ3n) is 6.05. The summed E-state index contributed by atoms with van der Waals surface area (Å²) in [4.78, 5) is 21.0. The fraction of sp³-hybridized carbons (Fsp3) is 0.500. The average molecular weight is 449 g/mol. The van der Waals surface area contributed by atoms with Crippen molar-refractivity contribution in [1.82, 2.24) is 9.88 Å². The van der Waals surface area contributed by atoms with E-state index in [-0.39, 0.29) is 17.1 Å². The van der Waals surface area contributed by atoms with Crippen molar-refractivity contribution in [2.75, 3.05) is 36.4 Å². The van der Waals surface area contributed by atoms with Gasteiger partial charge < -0.3 is 10.2 Å². The molecular weight excluding hydrogens is 417 g/mol. The summed E-state index contributed by atoms with van der Waals surface area (Å²) >= 11 is 0. The number of halogens is 3. The maximum Gasteiger partial charge on any atom is 0.433 e. The molecular formula is C24H31F3N4O. The van der Waals surface area contributed by atoms with Crippen molar-refractivity contribution >= 4 is 17.3 Å². The molecule has 0 atom stereocenters. The van der Waals surface area contributed by atoms with Crippen LogP contribution in [0, 0.1) is 5.41 Å². The van der Waals surface area contributed by atoms with E-state index in [4.69, 9.17) is 0 Å². The molecule has 0 saturated carbocycles. The molecule has 1 aromatic carbocycles. The Labute approximate surface area is 187 Å². The van der Waals surface area contributed by atoms with Gasteiger partial charge in [-0.15, -0.1) is 0 Å². The maximum absolute atomic E-state index is 13.0. The van der Waals surface area contributed by atoms with E-state index in [0.29, 0.717) is 6.42 Å². The Morgan fingerprint density at radius 1 is 1.00 bits per heavy atom. The van der Waals surface area contributed by atoms with Gasteiger partial charge in [0.2, 0.25) is 5.91 Å². The summed E-state index contributed by atoms with van der Waals surface area (Å²) in [6.45, 7) is 11.4. The van der Waals surface area contributed by atoms with Gasteiger partial charge in [0, 0.05) is 54.7 Å². The molecule has 0 aliphatic carbocycles. The summed E-state index contributed by atoms with van der Waals surface area (Å²) in [5.41, 5.74) is -0.745. The van der Waals surface area contributed by atoms with Crippen molar-refractivity contribution in [3.63, 3.8) is 0 Å². The first-order valence-electron chi connectivity index (χ1n) is 10.8. The number of amides is 1. The molecule has 0 unspecified atom stereocenters. The van der Waals surface area contributed by atoms with Gasteiger partial charge in [-0.25, -0.2) is 0 Å². The molecule has 5 nitrogen and oxygen atoms in total. The minimum Gasteiger partial charge on any atom is -0.369 e. The predicted molar refractivity (Wildman–Crippen MR) is 121 cm³/mol. The van der Waals surface area contributed by atoms with Crippen molar-refractivity contribution in [2.45, 2.75) is 45.8 Å². The number of hydrogen-bond donors (Lipinski definition) is 1. The molecule has 0 radical (unpaired) electrons. The number of anilines is 2. The van der Waals surface area contributed by atoms with Crippen molar-refractivity contribution < 1.29 is 18.0 Å². The number of benzene rings is 1. The van der Waals surface area contributed by atoms with Crippen molar-refractivity contribution in [1.29, 1.82) is 0 Å². The molecule has 1 aromatic heterocycles. The molecule has 1 aliphatic heterocycles. The number of carbonyl (C=O) groups is 1. The molecule has 174 valence electrons. The van der Waals surface area contributed by atoms with Crippen LogP contribution in [0.3, 0.4) is 0 Å². The van der Waals surface area contributed by atoms with Crippen molar-refractivity contribution in [3.05, 3.63) is 54.4 Å². The average Bonchev–Trinajstić information content (AvgIpc) is 2.73. The largest absolute Gasteiger partial charge is 0.433 e. The number of piperazine rings is 1. The van der Waals surface area contributed by atoms with Crippen LogP contribution < -0.4 is 10.2 Å². The van der Waals surface area contributed by atoms with Gasteiger partial charge >= 0.3 is 6.18 Å². The lowest BCUT2D eigenvalue weighted by Gasteiger charge is -2.47. The van der Waals surface area contributed by atoms with Gasteiger partial charge in [-0.1, -0.05) is 32.0 Å². The van der Waals surface area contributed by atoms with Gasteiger partial charge in [-0.2, -0.15) is 13.2 Å². The van der Waals surface area contributed by atoms with Crippen LogP contribution in [0.5, 0.6) is 0 Å². The van der Waals surface area contributed by atoms with Crippen LogP contribution in [0.15, 0.2) is 48.7 Å². The monoisotopic (exact) mass is 448 g/mol. The van der Waals surface area contributed by atoms with Crippen molar-refractivity contribution in [3.8, 4) is 0 Å². The van der Waals surface area contributed by atoms with Crippen LogP contribution in [-0.4, -0.2) is 47.5 Å². The van der Waals surface area contributed by atoms with E-state index in [1.165, 1.54) is 11.8 Å². The molecule has 1 aliphatic rings. The van der Waals surface area contributed by atoms with Gasteiger partial charge in [0.25, 0.3) is 0 Å². The topological polar surface area (TPSA) is 48.5 Å². The van der Waals surface area contributed by atoms with Gasteiger partial charge in [-0.05, 0) is 44.5 Å². The lowest BCUT2D eigenvalue weighted by Crippen LogP contribution is -2.56. The Morgan fingerprint density at radius 2 is 1.62 bits per heavy atom. The Bertz CT molecular complexity index is 920. The highest BCUT2D eigenvalue weighted by Crippen LogP contribution is 2.35. The molecule has 2 heterocycles. The quantitative estimate of drug-likeness (QED) is 0.672. The number of nitrogens with one attached hydrogen (secondary N) is 1. The summed E-state index contributed by atoms with van der Waals surface area (Å²) < 4.78 is 38.8. The molecule has 1 saturated heterocycles. The number of alkyl halides is 3. The summed E-state index contributed by atoms with van der Waals surface area (Å²) in [6.07, 6.45) is -2.93. The zero-order valence-corrected chi connectivity index (χ0v) is 19.0. The first kappa shape index (κ1) is 24.0. The highest BCUT2D eigenvalue weighted by Gasteiger charge is 2.39. The summed E-state index contributed by atoms with van der Waals surface area (Å²) in [7, 11) is 0. The van der Waals surface area contributed by atoms with E-state index >= 15 is 0 Å². The highest BCUT2D eigenvalue weighted by atomic mass is 19.4. The number of carbonyl (C=O) groups excluding carboxylic acids is 1. The molecule has 2 aromatic rings. The third kappa shape index (κ3) is 5.79. The molecule has 1 N–H and O–H groups in total. The molecule has 3 rings (SSSR count). The Kier molecular flexibility index (Phi) is 6.83. The Hall–Kier alpha value is -2.61. The van der Waals surface area contributed by atoms with E-state index in [1.54, 1.807) is 0 Å². The summed E-state index contributed by atoms with van der Waals surface area (Å²) in [5.74, 6) is -0.312. The highest BCUT2D eigenvalue weighted by molar-refractivity contribution is 5.94. The van der Waals surface area contributed by atoms with E-state index in [9.17, 15) is 18.0 Å². The number of hydrogen-bond acceptors (Lipinski definition) is 4. The molecule has 32 heavy (non-hydrogen) atoms. The fourth-order valence-electron chi connectivity index (χ4n) is 4.45. The van der Waals surface area contributed by atoms with E-state index in [0.717, 1.165) is 38.4 Å². The SMILES string of the molecule is CC(C)(CC(C)(C)N1CCN(c2ccccc2)CC1)C(=O)Nc1ccnc(C(F)(F)F)c1. The van der Waals surface area contributed by atoms with Crippen LogP contribution in [0.4, 0.5) is 24.5 Å². The molecule has 1 amide bonds. The van der Waals surface area contributed by atoms with Crippen LogP contribution in [-0.2, 0) is 11.0 Å². The number of rotatable bonds is 6. The molecule has 0 spiro atoms. The maximum atomic E-state index is 13.0. The summed E-state index contributed by atoms with van der Waals surface area (Å²) in [6, 6.07) is 12.5. The van der Waals surface area contributed by atoms with E-state index in [2.05, 4.69) is 46.1 Å². The lowest BCUT2D eigenvalue weighted by molar-refractivity contribution is -0.141. The number of aromatic nitrogens is 1. The zero-order chi connectivity index (χ0) is 23.6. The fourth-order valence-corrected chi connectivity index (χ4v) is 4.45. The number of para-hydroxylation sites is 1. The summed E-state index contributed by atoms with van der Waals surface area (Å²) in [5, 5.41) is 2.64. The normalized spacial score (nSPS) is 16.2. The van der Waals surface area contributed by atoms with Crippen molar-refractivity contribution in [2.24, 2.45) is 5.41 Å².